The fourth-order valence-corrected chi connectivity index (χ4v) is 2.20. The van der Waals surface area contributed by atoms with Crippen molar-refractivity contribution in [1.82, 2.24) is 10.2 Å². The number of nitrogens with one attached hydrogen (secondary N) is 1. The van der Waals surface area contributed by atoms with Crippen molar-refractivity contribution in [2.75, 3.05) is 34.3 Å². The van der Waals surface area contributed by atoms with E-state index >= 15 is 0 Å². The van der Waals surface area contributed by atoms with Gasteiger partial charge in [-0.2, -0.15) is 0 Å². The Balaban J connectivity index is 2.74. The molecule has 20 heavy (non-hydrogen) atoms. The van der Waals surface area contributed by atoms with Crippen LogP contribution >= 0.6 is 0 Å². The largest absolute Gasteiger partial charge is 0.497 e. The van der Waals surface area contributed by atoms with Crippen molar-refractivity contribution in [3.63, 3.8) is 0 Å². The van der Waals surface area contributed by atoms with Gasteiger partial charge in [-0.1, -0.05) is 26.0 Å². The van der Waals surface area contributed by atoms with Crippen molar-refractivity contribution in [3.05, 3.63) is 29.8 Å². The van der Waals surface area contributed by atoms with E-state index in [1.165, 1.54) is 0 Å². The zero-order valence-electron chi connectivity index (χ0n) is 13.3. The molecule has 2 unspecified atom stereocenters. The Hall–Kier alpha value is -1.10. The number of likely N-dealkylation sites (N-methyl/N-ethyl adjacent to an activating group) is 1. The zero-order valence-corrected chi connectivity index (χ0v) is 13.3. The SMILES string of the molecule is COc1cccc(C(O)C(NCCN(C)C)C(C)C)c1. The molecule has 2 atom stereocenters. The lowest BCUT2D eigenvalue weighted by Crippen LogP contribution is -2.42. The molecule has 0 aliphatic heterocycles. The third-order valence-corrected chi connectivity index (χ3v) is 3.43. The second kappa shape index (κ2) is 8.25. The van der Waals surface area contributed by atoms with Gasteiger partial charge in [0.15, 0.2) is 0 Å². The number of hydrogen-bond donors (Lipinski definition) is 2. The minimum absolute atomic E-state index is 0.0297. The molecule has 0 aromatic heterocycles. The maximum absolute atomic E-state index is 10.6. The summed E-state index contributed by atoms with van der Waals surface area (Å²) >= 11 is 0. The van der Waals surface area contributed by atoms with Gasteiger partial charge in [-0.15, -0.1) is 0 Å². The number of hydrogen-bond acceptors (Lipinski definition) is 4. The third kappa shape index (κ3) is 5.12. The van der Waals surface area contributed by atoms with Gasteiger partial charge in [-0.05, 0) is 37.7 Å². The first-order valence-corrected chi connectivity index (χ1v) is 7.15. The second-order valence-electron chi connectivity index (χ2n) is 5.75. The van der Waals surface area contributed by atoms with E-state index in [1.807, 2.05) is 38.4 Å². The number of benzene rings is 1. The van der Waals surface area contributed by atoms with E-state index in [4.69, 9.17) is 4.74 Å². The van der Waals surface area contributed by atoms with Crippen molar-refractivity contribution >= 4 is 0 Å². The number of methoxy groups -OCH3 is 1. The highest BCUT2D eigenvalue weighted by Gasteiger charge is 2.23. The van der Waals surface area contributed by atoms with E-state index in [9.17, 15) is 5.11 Å². The van der Waals surface area contributed by atoms with Gasteiger partial charge in [-0.25, -0.2) is 0 Å². The van der Waals surface area contributed by atoms with Crippen LogP contribution in [0.1, 0.15) is 25.5 Å². The minimum Gasteiger partial charge on any atom is -0.497 e. The molecule has 4 heteroatoms. The van der Waals surface area contributed by atoms with Crippen molar-refractivity contribution in [3.8, 4) is 5.75 Å². The first-order valence-electron chi connectivity index (χ1n) is 7.15. The molecule has 0 radical (unpaired) electrons. The van der Waals surface area contributed by atoms with Crippen molar-refractivity contribution in [2.24, 2.45) is 5.92 Å². The Labute approximate surface area is 122 Å². The lowest BCUT2D eigenvalue weighted by Gasteiger charge is -2.28. The highest BCUT2D eigenvalue weighted by molar-refractivity contribution is 5.30. The Morgan fingerprint density at radius 1 is 1.30 bits per heavy atom. The summed E-state index contributed by atoms with van der Waals surface area (Å²) in [5, 5.41) is 14.1. The fourth-order valence-electron chi connectivity index (χ4n) is 2.20. The Morgan fingerprint density at radius 3 is 2.55 bits per heavy atom. The smallest absolute Gasteiger partial charge is 0.119 e. The molecule has 2 N–H and O–H groups in total. The monoisotopic (exact) mass is 280 g/mol. The van der Waals surface area contributed by atoms with Crippen LogP contribution in [-0.2, 0) is 0 Å². The van der Waals surface area contributed by atoms with Gasteiger partial charge < -0.3 is 20.1 Å². The van der Waals surface area contributed by atoms with Crippen LogP contribution in [0.4, 0.5) is 0 Å². The molecular weight excluding hydrogens is 252 g/mol. The summed E-state index contributed by atoms with van der Waals surface area (Å²) in [6.07, 6.45) is -0.535. The van der Waals surface area contributed by atoms with Crippen molar-refractivity contribution in [1.29, 1.82) is 0 Å². The molecule has 0 heterocycles. The lowest BCUT2D eigenvalue weighted by atomic mass is 9.93. The average Bonchev–Trinajstić information content (AvgIpc) is 2.42. The molecule has 4 nitrogen and oxygen atoms in total. The molecule has 0 amide bonds. The van der Waals surface area contributed by atoms with E-state index in [0.29, 0.717) is 5.92 Å². The highest BCUT2D eigenvalue weighted by atomic mass is 16.5. The molecule has 0 aliphatic rings. The molecule has 0 aliphatic carbocycles. The molecule has 0 fully saturated rings. The van der Waals surface area contributed by atoms with E-state index in [0.717, 1.165) is 24.4 Å². The predicted octanol–water partition coefficient (Wildman–Crippen LogP) is 1.90. The van der Waals surface area contributed by atoms with Crippen molar-refractivity contribution < 1.29 is 9.84 Å². The van der Waals surface area contributed by atoms with Crippen LogP contribution in [0.3, 0.4) is 0 Å². The maximum atomic E-state index is 10.6. The molecule has 0 bridgehead atoms. The first kappa shape index (κ1) is 17.0. The van der Waals surface area contributed by atoms with Gasteiger partial charge in [0, 0.05) is 19.1 Å². The van der Waals surface area contributed by atoms with E-state index in [-0.39, 0.29) is 6.04 Å². The molecular formula is C16H28N2O2. The van der Waals surface area contributed by atoms with Gasteiger partial charge in [0.1, 0.15) is 5.75 Å². The number of rotatable bonds is 8. The van der Waals surface area contributed by atoms with Gasteiger partial charge in [-0.3, -0.25) is 0 Å². The number of nitrogens with zero attached hydrogens (tertiary/aromatic N) is 1. The topological polar surface area (TPSA) is 44.7 Å². The summed E-state index contributed by atoms with van der Waals surface area (Å²) in [4.78, 5) is 2.13. The number of aliphatic hydroxyl groups excluding tert-OH is 1. The Kier molecular flexibility index (Phi) is 6.99. The van der Waals surface area contributed by atoms with Crippen LogP contribution in [0.5, 0.6) is 5.75 Å². The van der Waals surface area contributed by atoms with E-state index in [2.05, 4.69) is 24.1 Å². The molecule has 0 saturated carbocycles. The summed E-state index contributed by atoms with van der Waals surface area (Å²) < 4.78 is 5.22. The fraction of sp³-hybridized carbons (Fsp3) is 0.625. The maximum Gasteiger partial charge on any atom is 0.119 e. The highest BCUT2D eigenvalue weighted by Crippen LogP contribution is 2.24. The van der Waals surface area contributed by atoms with Crippen LogP contribution in [0, 0.1) is 5.92 Å². The second-order valence-corrected chi connectivity index (χ2v) is 5.75. The standard InChI is InChI=1S/C16H28N2O2/c1-12(2)15(17-9-10-18(3)4)16(19)13-7-6-8-14(11-13)20-5/h6-8,11-12,15-17,19H,9-10H2,1-5H3. The molecule has 1 aromatic rings. The van der Waals surface area contributed by atoms with Crippen LogP contribution in [0.15, 0.2) is 24.3 Å². The Morgan fingerprint density at radius 2 is 2.00 bits per heavy atom. The van der Waals surface area contributed by atoms with Gasteiger partial charge in [0.2, 0.25) is 0 Å². The summed E-state index contributed by atoms with van der Waals surface area (Å²) in [5.74, 6) is 1.12. The van der Waals surface area contributed by atoms with E-state index in [1.54, 1.807) is 7.11 Å². The van der Waals surface area contributed by atoms with Crippen LogP contribution in [-0.4, -0.2) is 50.3 Å². The number of ether oxygens (including phenoxy) is 1. The van der Waals surface area contributed by atoms with Gasteiger partial charge in [0.25, 0.3) is 0 Å². The van der Waals surface area contributed by atoms with E-state index < -0.39 is 6.10 Å². The van der Waals surface area contributed by atoms with Gasteiger partial charge >= 0.3 is 0 Å². The molecule has 114 valence electrons. The predicted molar refractivity (Wildman–Crippen MR) is 83.1 cm³/mol. The normalized spacial score (nSPS) is 14.6. The van der Waals surface area contributed by atoms with Gasteiger partial charge in [0.05, 0.1) is 13.2 Å². The van der Waals surface area contributed by atoms with Crippen LogP contribution in [0.2, 0.25) is 0 Å². The zero-order chi connectivity index (χ0) is 15.1. The molecule has 0 spiro atoms. The summed E-state index contributed by atoms with van der Waals surface area (Å²) in [5.41, 5.74) is 0.889. The summed E-state index contributed by atoms with van der Waals surface area (Å²) in [6.45, 7) is 6.05. The molecule has 1 aromatic carbocycles. The third-order valence-electron chi connectivity index (χ3n) is 3.43. The summed E-state index contributed by atoms with van der Waals surface area (Å²) in [7, 11) is 5.73. The average molecular weight is 280 g/mol. The lowest BCUT2D eigenvalue weighted by molar-refractivity contribution is 0.104. The number of aliphatic hydroxyl groups is 1. The van der Waals surface area contributed by atoms with Crippen LogP contribution < -0.4 is 10.1 Å². The minimum atomic E-state index is -0.535. The Bertz CT molecular complexity index is 394. The van der Waals surface area contributed by atoms with Crippen molar-refractivity contribution in [2.45, 2.75) is 26.0 Å². The summed E-state index contributed by atoms with van der Waals surface area (Å²) in [6, 6.07) is 7.67. The van der Waals surface area contributed by atoms with Crippen LogP contribution in [0.25, 0.3) is 0 Å². The quantitative estimate of drug-likeness (QED) is 0.763. The molecule has 1 rings (SSSR count). The molecule has 0 saturated heterocycles. The first-order chi connectivity index (χ1) is 9.45.